The Bertz CT molecular complexity index is 777. The summed E-state index contributed by atoms with van der Waals surface area (Å²) in [6, 6.07) is 8.79. The Morgan fingerprint density at radius 1 is 1.21 bits per heavy atom. The summed E-state index contributed by atoms with van der Waals surface area (Å²) in [6.45, 7) is 3.90. The molecule has 0 aliphatic rings. The van der Waals surface area contributed by atoms with Gasteiger partial charge in [0.1, 0.15) is 11.5 Å². The summed E-state index contributed by atoms with van der Waals surface area (Å²) in [7, 11) is 0. The zero-order chi connectivity index (χ0) is 13.6. The number of fused-ring (bicyclic) bond motifs is 1. The fourth-order valence-corrected chi connectivity index (χ4v) is 2.91. The minimum absolute atomic E-state index is 0.231. The van der Waals surface area contributed by atoms with Gasteiger partial charge in [-0.25, -0.2) is 9.37 Å². The largest absolute Gasteiger partial charge is 0.298 e. The summed E-state index contributed by atoms with van der Waals surface area (Å²) in [5.41, 5.74) is 4.12. The highest BCUT2D eigenvalue weighted by Gasteiger charge is 2.15. The predicted molar refractivity (Wildman–Crippen MR) is 77.8 cm³/mol. The molecule has 2 aromatic heterocycles. The van der Waals surface area contributed by atoms with Crippen molar-refractivity contribution in [2.24, 2.45) is 0 Å². The molecule has 3 aromatic rings. The molecule has 0 N–H and O–H groups in total. The highest BCUT2D eigenvalue weighted by Crippen LogP contribution is 2.29. The topological polar surface area (TPSA) is 17.3 Å². The van der Waals surface area contributed by atoms with Crippen LogP contribution < -0.4 is 0 Å². The van der Waals surface area contributed by atoms with E-state index in [-0.39, 0.29) is 5.82 Å². The van der Waals surface area contributed by atoms with E-state index >= 15 is 0 Å². The zero-order valence-electron chi connectivity index (χ0n) is 10.6. The van der Waals surface area contributed by atoms with Crippen LogP contribution in [0.4, 0.5) is 4.39 Å². The van der Waals surface area contributed by atoms with E-state index in [1.807, 2.05) is 36.6 Å². The Balaban J connectivity index is 2.42. The molecule has 0 unspecified atom stereocenters. The lowest BCUT2D eigenvalue weighted by atomic mass is 10.1. The first-order chi connectivity index (χ1) is 9.08. The Hall–Kier alpha value is -1.68. The molecular weight excluding hydrogens is 307 g/mol. The first-order valence-corrected chi connectivity index (χ1v) is 6.77. The van der Waals surface area contributed by atoms with E-state index in [1.54, 1.807) is 12.1 Å². The third-order valence-corrected chi connectivity index (χ3v) is 3.61. The number of pyridine rings is 1. The molecule has 0 amide bonds. The van der Waals surface area contributed by atoms with Gasteiger partial charge in [-0.05, 0) is 53.5 Å². The van der Waals surface area contributed by atoms with Gasteiger partial charge in [-0.15, -0.1) is 0 Å². The summed E-state index contributed by atoms with van der Waals surface area (Å²) < 4.78 is 16.9. The maximum Gasteiger partial charge on any atom is 0.140 e. The number of nitrogens with zero attached hydrogens (tertiary/aromatic N) is 2. The third-order valence-electron chi connectivity index (χ3n) is 3.17. The molecule has 0 fully saturated rings. The van der Waals surface area contributed by atoms with Crippen molar-refractivity contribution in [1.29, 1.82) is 0 Å². The number of rotatable bonds is 1. The minimum Gasteiger partial charge on any atom is -0.298 e. The van der Waals surface area contributed by atoms with Gasteiger partial charge in [0.2, 0.25) is 0 Å². The van der Waals surface area contributed by atoms with Gasteiger partial charge < -0.3 is 0 Å². The number of aryl methyl sites for hydroxylation is 2. The average molecular weight is 319 g/mol. The molecule has 96 valence electrons. The first-order valence-electron chi connectivity index (χ1n) is 5.97. The van der Waals surface area contributed by atoms with Crippen molar-refractivity contribution in [2.45, 2.75) is 13.8 Å². The summed E-state index contributed by atoms with van der Waals surface area (Å²) >= 11 is 3.48. The maximum atomic E-state index is 14.0. The van der Waals surface area contributed by atoms with Crippen LogP contribution in [0.2, 0.25) is 0 Å². The van der Waals surface area contributed by atoms with Gasteiger partial charge in [-0.2, -0.15) is 0 Å². The van der Waals surface area contributed by atoms with Crippen molar-refractivity contribution in [3.8, 4) is 11.3 Å². The summed E-state index contributed by atoms with van der Waals surface area (Å²) in [5.74, 6) is -0.231. The van der Waals surface area contributed by atoms with E-state index < -0.39 is 0 Å². The van der Waals surface area contributed by atoms with Gasteiger partial charge in [0, 0.05) is 16.2 Å². The Kier molecular flexibility index (Phi) is 2.90. The molecule has 19 heavy (non-hydrogen) atoms. The van der Waals surface area contributed by atoms with Crippen molar-refractivity contribution >= 4 is 21.6 Å². The van der Waals surface area contributed by atoms with Gasteiger partial charge >= 0.3 is 0 Å². The van der Waals surface area contributed by atoms with Gasteiger partial charge in [0.25, 0.3) is 0 Å². The lowest BCUT2D eigenvalue weighted by Gasteiger charge is -2.06. The van der Waals surface area contributed by atoms with Gasteiger partial charge in [-0.3, -0.25) is 4.40 Å². The lowest BCUT2D eigenvalue weighted by molar-refractivity contribution is 0.630. The molecule has 0 saturated carbocycles. The van der Waals surface area contributed by atoms with E-state index in [0.717, 1.165) is 27.1 Å². The number of imidazole rings is 1. The Labute approximate surface area is 119 Å². The molecule has 0 saturated heterocycles. The molecule has 3 rings (SSSR count). The van der Waals surface area contributed by atoms with Crippen molar-refractivity contribution in [3.63, 3.8) is 0 Å². The van der Waals surface area contributed by atoms with Crippen LogP contribution in [0.15, 0.2) is 41.0 Å². The van der Waals surface area contributed by atoms with Crippen molar-refractivity contribution in [2.75, 3.05) is 0 Å². The molecule has 0 radical (unpaired) electrons. The van der Waals surface area contributed by atoms with Crippen molar-refractivity contribution in [3.05, 3.63) is 58.1 Å². The van der Waals surface area contributed by atoms with Crippen LogP contribution in [-0.4, -0.2) is 9.38 Å². The quantitative estimate of drug-likeness (QED) is 0.644. The third kappa shape index (κ3) is 1.96. The van der Waals surface area contributed by atoms with E-state index in [2.05, 4.69) is 20.9 Å². The molecule has 4 heteroatoms. The van der Waals surface area contributed by atoms with E-state index in [9.17, 15) is 4.39 Å². The second kappa shape index (κ2) is 4.46. The SMILES string of the molecule is Cc1nc2c(C)cc(Br)cn2c1-c1ccccc1F. The van der Waals surface area contributed by atoms with Crippen LogP contribution in [0.25, 0.3) is 16.9 Å². The molecular formula is C15H12BrFN2. The average Bonchev–Trinajstić information content (AvgIpc) is 2.67. The highest BCUT2D eigenvalue weighted by atomic mass is 79.9. The molecule has 0 aliphatic carbocycles. The lowest BCUT2D eigenvalue weighted by Crippen LogP contribution is -1.93. The fourth-order valence-electron chi connectivity index (χ4n) is 2.36. The van der Waals surface area contributed by atoms with Crippen LogP contribution >= 0.6 is 15.9 Å². The smallest absolute Gasteiger partial charge is 0.140 e. The van der Waals surface area contributed by atoms with Gasteiger partial charge in [0.15, 0.2) is 0 Å². The number of benzene rings is 1. The van der Waals surface area contributed by atoms with Gasteiger partial charge in [0.05, 0.1) is 11.4 Å². The van der Waals surface area contributed by atoms with Crippen LogP contribution in [-0.2, 0) is 0 Å². The van der Waals surface area contributed by atoms with Crippen molar-refractivity contribution in [1.82, 2.24) is 9.38 Å². The molecule has 2 heterocycles. The number of halogens is 2. The van der Waals surface area contributed by atoms with E-state index in [4.69, 9.17) is 0 Å². The maximum absolute atomic E-state index is 14.0. The van der Waals surface area contributed by atoms with Crippen LogP contribution in [0.5, 0.6) is 0 Å². The Morgan fingerprint density at radius 2 is 1.95 bits per heavy atom. The number of hydrogen-bond acceptors (Lipinski definition) is 1. The second-order valence-corrected chi connectivity index (χ2v) is 5.48. The second-order valence-electron chi connectivity index (χ2n) is 4.56. The fraction of sp³-hybridized carbons (Fsp3) is 0.133. The molecule has 2 nitrogen and oxygen atoms in total. The van der Waals surface area contributed by atoms with E-state index in [1.165, 1.54) is 6.07 Å². The molecule has 0 spiro atoms. The summed E-state index contributed by atoms with van der Waals surface area (Å²) in [5, 5.41) is 0. The van der Waals surface area contributed by atoms with Crippen LogP contribution in [0.1, 0.15) is 11.3 Å². The van der Waals surface area contributed by atoms with E-state index in [0.29, 0.717) is 5.56 Å². The minimum atomic E-state index is -0.231. The summed E-state index contributed by atoms with van der Waals surface area (Å²) in [6.07, 6.45) is 1.92. The standard InChI is InChI=1S/C15H12BrFN2/c1-9-7-11(16)8-19-14(10(2)18-15(9)19)12-5-3-4-6-13(12)17/h3-8H,1-2H3. The first kappa shape index (κ1) is 12.4. The predicted octanol–water partition coefficient (Wildman–Crippen LogP) is 4.52. The van der Waals surface area contributed by atoms with Gasteiger partial charge in [-0.1, -0.05) is 12.1 Å². The Morgan fingerprint density at radius 3 is 2.68 bits per heavy atom. The highest BCUT2D eigenvalue weighted by molar-refractivity contribution is 9.10. The molecule has 0 aliphatic heterocycles. The van der Waals surface area contributed by atoms with Crippen molar-refractivity contribution < 1.29 is 4.39 Å². The van der Waals surface area contributed by atoms with Crippen LogP contribution in [0, 0.1) is 19.7 Å². The monoisotopic (exact) mass is 318 g/mol. The number of aromatic nitrogens is 2. The molecule has 1 aromatic carbocycles. The summed E-state index contributed by atoms with van der Waals surface area (Å²) in [4.78, 5) is 4.55. The van der Waals surface area contributed by atoms with Crippen LogP contribution in [0.3, 0.4) is 0 Å². The number of hydrogen-bond donors (Lipinski definition) is 0. The zero-order valence-corrected chi connectivity index (χ0v) is 12.2. The normalized spacial score (nSPS) is 11.2. The molecule has 0 bridgehead atoms. The molecule has 0 atom stereocenters.